The molecule has 0 saturated heterocycles. The van der Waals surface area contributed by atoms with Gasteiger partial charge in [-0.3, -0.25) is 4.79 Å². The summed E-state index contributed by atoms with van der Waals surface area (Å²) in [5.41, 5.74) is 11.3. The molecule has 1 aromatic heterocycles. The zero-order chi connectivity index (χ0) is 25.1. The predicted molar refractivity (Wildman–Crippen MR) is 140 cm³/mol. The number of ether oxygens (including phenoxy) is 1. The fourth-order valence-electron chi connectivity index (χ4n) is 4.51. The summed E-state index contributed by atoms with van der Waals surface area (Å²) in [6.07, 6.45) is 0.251. The quantitative estimate of drug-likeness (QED) is 0.334. The van der Waals surface area contributed by atoms with Crippen molar-refractivity contribution in [2.75, 3.05) is 7.11 Å². The van der Waals surface area contributed by atoms with Crippen LogP contribution < -0.4 is 16.0 Å². The second kappa shape index (κ2) is 10.5. The van der Waals surface area contributed by atoms with E-state index in [-0.39, 0.29) is 24.3 Å². The van der Waals surface area contributed by atoms with Crippen molar-refractivity contribution >= 4 is 11.6 Å². The summed E-state index contributed by atoms with van der Waals surface area (Å²) in [7, 11) is 1.59. The lowest BCUT2D eigenvalue weighted by atomic mass is 9.92. The molecule has 0 bridgehead atoms. The minimum Gasteiger partial charge on any atom is -0.497 e. The van der Waals surface area contributed by atoms with E-state index in [1.165, 1.54) is 6.07 Å². The van der Waals surface area contributed by atoms with E-state index in [0.29, 0.717) is 21.9 Å². The molecule has 1 heterocycles. The van der Waals surface area contributed by atoms with Crippen LogP contribution in [0.5, 0.6) is 5.75 Å². The van der Waals surface area contributed by atoms with Gasteiger partial charge in [-0.1, -0.05) is 60.1 Å². The lowest BCUT2D eigenvalue weighted by molar-refractivity contribution is 0.415. The van der Waals surface area contributed by atoms with Gasteiger partial charge in [0.1, 0.15) is 11.6 Å². The standard InChI is InChI=1S/C29H28ClFN2O2/c1-18-23(16-24-25(30)13-8-14-26(24)31)19(2)33(17-27(32)20-9-5-4-6-10-20)29(34)28(18)21-11-7-12-22(15-21)35-3/h4-15,27H,16-17,32H2,1-3H3. The molecule has 0 saturated carbocycles. The Morgan fingerprint density at radius 2 is 1.71 bits per heavy atom. The number of hydrogen-bond acceptors (Lipinski definition) is 3. The summed E-state index contributed by atoms with van der Waals surface area (Å²) in [6, 6.07) is 21.3. The highest BCUT2D eigenvalue weighted by atomic mass is 35.5. The van der Waals surface area contributed by atoms with E-state index in [2.05, 4.69) is 0 Å². The molecule has 0 spiro atoms. The normalized spacial score (nSPS) is 11.9. The monoisotopic (exact) mass is 490 g/mol. The number of nitrogens with zero attached hydrogens (tertiary/aromatic N) is 1. The number of hydrogen-bond donors (Lipinski definition) is 1. The van der Waals surface area contributed by atoms with Crippen LogP contribution in [0, 0.1) is 19.7 Å². The molecule has 0 amide bonds. The number of methoxy groups -OCH3 is 1. The van der Waals surface area contributed by atoms with Gasteiger partial charge in [0.05, 0.1) is 12.7 Å². The number of aromatic nitrogens is 1. The Morgan fingerprint density at radius 3 is 2.40 bits per heavy atom. The van der Waals surface area contributed by atoms with Crippen molar-refractivity contribution in [2.24, 2.45) is 5.73 Å². The number of halogens is 2. The molecule has 1 atom stereocenters. The molecule has 3 aromatic carbocycles. The molecule has 4 aromatic rings. The van der Waals surface area contributed by atoms with Gasteiger partial charge < -0.3 is 15.0 Å². The van der Waals surface area contributed by atoms with Crippen LogP contribution in [0.25, 0.3) is 11.1 Å². The number of nitrogens with two attached hydrogens (primary N) is 1. The van der Waals surface area contributed by atoms with E-state index in [9.17, 15) is 9.18 Å². The lowest BCUT2D eigenvalue weighted by Gasteiger charge is -2.23. The van der Waals surface area contributed by atoms with Crippen molar-refractivity contribution in [3.63, 3.8) is 0 Å². The second-order valence-corrected chi connectivity index (χ2v) is 9.01. The minimum absolute atomic E-state index is 0.150. The first kappa shape index (κ1) is 24.7. The molecule has 2 N–H and O–H groups in total. The third-order valence-electron chi connectivity index (χ3n) is 6.51. The topological polar surface area (TPSA) is 57.2 Å². The Bertz CT molecular complexity index is 1400. The molecular weight excluding hydrogens is 463 g/mol. The molecule has 6 heteroatoms. The molecule has 35 heavy (non-hydrogen) atoms. The Labute approximate surface area is 209 Å². The van der Waals surface area contributed by atoms with E-state index < -0.39 is 6.04 Å². The zero-order valence-corrected chi connectivity index (χ0v) is 20.8. The fourth-order valence-corrected chi connectivity index (χ4v) is 4.74. The summed E-state index contributed by atoms with van der Waals surface area (Å²) in [5, 5.41) is 0.352. The van der Waals surface area contributed by atoms with Crippen molar-refractivity contribution in [3.8, 4) is 16.9 Å². The van der Waals surface area contributed by atoms with E-state index in [1.807, 2.05) is 68.4 Å². The molecule has 0 aliphatic rings. The van der Waals surface area contributed by atoms with Crippen molar-refractivity contribution in [1.82, 2.24) is 4.57 Å². The maximum absolute atomic E-state index is 14.7. The Kier molecular flexibility index (Phi) is 7.39. The fraction of sp³-hybridized carbons (Fsp3) is 0.207. The van der Waals surface area contributed by atoms with Crippen LogP contribution in [0.4, 0.5) is 4.39 Å². The summed E-state index contributed by atoms with van der Waals surface area (Å²) in [5.74, 6) is 0.270. The molecular formula is C29H28ClFN2O2. The van der Waals surface area contributed by atoms with Gasteiger partial charge in [-0.2, -0.15) is 0 Å². The highest BCUT2D eigenvalue weighted by Crippen LogP contribution is 2.31. The maximum atomic E-state index is 14.7. The predicted octanol–water partition coefficient (Wildman–Crippen LogP) is 6.22. The van der Waals surface area contributed by atoms with Gasteiger partial charge in [-0.15, -0.1) is 0 Å². The van der Waals surface area contributed by atoms with Crippen LogP contribution in [0.3, 0.4) is 0 Å². The van der Waals surface area contributed by atoms with Crippen LogP contribution in [-0.2, 0) is 13.0 Å². The lowest BCUT2D eigenvalue weighted by Crippen LogP contribution is -2.31. The highest BCUT2D eigenvalue weighted by molar-refractivity contribution is 6.31. The summed E-state index contributed by atoms with van der Waals surface area (Å²) < 4.78 is 21.8. The summed E-state index contributed by atoms with van der Waals surface area (Å²) >= 11 is 6.37. The third-order valence-corrected chi connectivity index (χ3v) is 6.86. The third kappa shape index (κ3) is 5.02. The average molecular weight is 491 g/mol. The first-order valence-corrected chi connectivity index (χ1v) is 11.8. The first-order valence-electron chi connectivity index (χ1n) is 11.4. The van der Waals surface area contributed by atoms with E-state index >= 15 is 0 Å². The van der Waals surface area contributed by atoms with Gasteiger partial charge in [0.25, 0.3) is 5.56 Å². The minimum atomic E-state index is -0.390. The van der Waals surface area contributed by atoms with E-state index in [4.69, 9.17) is 22.1 Å². The van der Waals surface area contributed by atoms with Gasteiger partial charge >= 0.3 is 0 Å². The van der Waals surface area contributed by atoms with Crippen molar-refractivity contribution in [3.05, 3.63) is 122 Å². The van der Waals surface area contributed by atoms with Gasteiger partial charge in [-0.05, 0) is 60.4 Å². The zero-order valence-electron chi connectivity index (χ0n) is 20.0. The molecule has 1 unspecified atom stereocenters. The van der Waals surface area contributed by atoms with Crippen LogP contribution >= 0.6 is 11.6 Å². The van der Waals surface area contributed by atoms with Crippen molar-refractivity contribution in [1.29, 1.82) is 0 Å². The Hall–Kier alpha value is -3.41. The van der Waals surface area contributed by atoms with Gasteiger partial charge in [0.15, 0.2) is 0 Å². The Balaban J connectivity index is 1.93. The Morgan fingerprint density at radius 1 is 1.00 bits per heavy atom. The van der Waals surface area contributed by atoms with E-state index in [0.717, 1.165) is 27.9 Å². The largest absolute Gasteiger partial charge is 0.497 e. The van der Waals surface area contributed by atoms with Crippen LogP contribution in [0.15, 0.2) is 77.6 Å². The van der Waals surface area contributed by atoms with Crippen LogP contribution in [0.1, 0.15) is 34.0 Å². The molecule has 4 nitrogen and oxygen atoms in total. The van der Waals surface area contributed by atoms with Crippen molar-refractivity contribution in [2.45, 2.75) is 32.9 Å². The first-order chi connectivity index (χ1) is 16.8. The van der Waals surface area contributed by atoms with Gasteiger partial charge in [0.2, 0.25) is 0 Å². The van der Waals surface area contributed by atoms with Crippen LogP contribution in [0.2, 0.25) is 5.02 Å². The van der Waals surface area contributed by atoms with Gasteiger partial charge in [-0.25, -0.2) is 4.39 Å². The van der Waals surface area contributed by atoms with Crippen LogP contribution in [-0.4, -0.2) is 11.7 Å². The number of rotatable bonds is 7. The molecule has 0 radical (unpaired) electrons. The van der Waals surface area contributed by atoms with Crippen molar-refractivity contribution < 1.29 is 9.13 Å². The highest BCUT2D eigenvalue weighted by Gasteiger charge is 2.22. The molecule has 180 valence electrons. The average Bonchev–Trinajstić information content (AvgIpc) is 2.86. The molecule has 0 fully saturated rings. The number of pyridine rings is 1. The summed E-state index contributed by atoms with van der Waals surface area (Å²) in [4.78, 5) is 13.9. The molecule has 0 aliphatic carbocycles. The molecule has 0 aliphatic heterocycles. The van der Waals surface area contributed by atoms with Gasteiger partial charge in [0, 0.05) is 35.3 Å². The summed E-state index contributed by atoms with van der Waals surface area (Å²) in [6.45, 7) is 4.06. The number of benzene rings is 3. The second-order valence-electron chi connectivity index (χ2n) is 8.61. The SMILES string of the molecule is COc1cccc(-c2c(C)c(Cc3c(F)cccc3Cl)c(C)n(CC(N)c3ccccc3)c2=O)c1. The maximum Gasteiger partial charge on any atom is 0.258 e. The molecule has 4 rings (SSSR count). The van der Waals surface area contributed by atoms with E-state index in [1.54, 1.807) is 23.8 Å². The smallest absolute Gasteiger partial charge is 0.258 e.